The van der Waals surface area contributed by atoms with Crippen LogP contribution in [0.1, 0.15) is 70.6 Å². The molecule has 1 heterocycles. The molecule has 0 amide bonds. The van der Waals surface area contributed by atoms with E-state index < -0.39 is 6.10 Å². The third-order valence-electron chi connectivity index (χ3n) is 9.97. The van der Waals surface area contributed by atoms with Crippen LogP contribution in [-0.4, -0.2) is 33.1 Å². The molecule has 1 N–H and O–H groups in total. The van der Waals surface area contributed by atoms with Crippen molar-refractivity contribution in [3.63, 3.8) is 0 Å². The second-order valence-corrected chi connectivity index (χ2v) is 11.7. The third kappa shape index (κ3) is 3.35. The van der Waals surface area contributed by atoms with Crippen molar-refractivity contribution >= 4 is 12.0 Å². The van der Waals surface area contributed by atoms with Crippen LogP contribution in [0, 0.1) is 34.4 Å². The largest absolute Gasteiger partial charge is 0.462 e. The molecular weight excluding hydrogens is 443 g/mol. The molecule has 7 unspecified atom stereocenters. The van der Waals surface area contributed by atoms with Crippen LogP contribution in [0.5, 0.6) is 0 Å². The Kier molecular flexibility index (Phi) is 5.26. The number of allylic oxidation sites excluding steroid dienone is 1. The highest BCUT2D eigenvalue weighted by Crippen LogP contribution is 2.65. The molecule has 186 valence electrons. The molecule has 3 saturated carbocycles. The summed E-state index contributed by atoms with van der Waals surface area (Å²) in [6.07, 6.45) is 9.66. The minimum atomic E-state index is -0.426. The summed E-state index contributed by atoms with van der Waals surface area (Å²) in [4.78, 5) is 12.1. The average molecular weight is 479 g/mol. The predicted octanol–water partition coefficient (Wildman–Crippen LogP) is 5.49. The van der Waals surface area contributed by atoms with Crippen LogP contribution in [0.2, 0.25) is 0 Å². The highest BCUT2D eigenvalue weighted by atomic mass is 19.1. The Bertz CT molecular complexity index is 1190. The van der Waals surface area contributed by atoms with Crippen LogP contribution < -0.4 is 0 Å². The van der Waals surface area contributed by atoms with Gasteiger partial charge in [0.05, 0.1) is 23.7 Å². The highest BCUT2D eigenvalue weighted by molar-refractivity contribution is 5.69. The number of esters is 1. The van der Waals surface area contributed by atoms with Gasteiger partial charge in [-0.1, -0.05) is 26.3 Å². The van der Waals surface area contributed by atoms with E-state index in [9.17, 15) is 14.3 Å². The van der Waals surface area contributed by atoms with Crippen molar-refractivity contribution in [3.8, 4) is 5.69 Å². The van der Waals surface area contributed by atoms with Crippen LogP contribution in [0.3, 0.4) is 0 Å². The van der Waals surface area contributed by atoms with E-state index in [-0.39, 0.29) is 34.6 Å². The molecule has 4 aliphatic rings. The molecule has 1 aromatic carbocycles. The molecule has 4 aliphatic carbocycles. The highest BCUT2D eigenvalue weighted by Gasteiger charge is 2.63. The standard InChI is InChI=1S/C29H35FN2O3/c1-4-26(34)35-25-12-11-22-21-10-5-18-13-23-17(16-31-32(23)20-8-6-19(30)7-9-20)14-28(18,2)27(21)24(33)15-29(22,25)3/h6-9,13,16,21-22,24-25,27,33H,4-5,10-12,14-15H2,1-3H3. The Labute approximate surface area is 206 Å². The lowest BCUT2D eigenvalue weighted by Gasteiger charge is -2.59. The third-order valence-corrected chi connectivity index (χ3v) is 9.97. The van der Waals surface area contributed by atoms with Gasteiger partial charge in [0.2, 0.25) is 0 Å². The van der Waals surface area contributed by atoms with Crippen molar-refractivity contribution in [1.29, 1.82) is 0 Å². The van der Waals surface area contributed by atoms with E-state index in [1.807, 2.05) is 17.8 Å². The van der Waals surface area contributed by atoms with Gasteiger partial charge in [-0.15, -0.1) is 0 Å². The fourth-order valence-corrected chi connectivity index (χ4v) is 8.36. The number of benzene rings is 1. The Morgan fingerprint density at radius 2 is 2.00 bits per heavy atom. The van der Waals surface area contributed by atoms with Crippen LogP contribution in [0.15, 0.2) is 36.0 Å². The number of aliphatic hydroxyl groups excluding tert-OH is 1. The molecule has 6 rings (SSSR count). The number of carbonyl (C=O) groups excluding carboxylic acids is 1. The summed E-state index contributed by atoms with van der Waals surface area (Å²) in [5.41, 5.74) is 4.23. The Balaban J connectivity index is 1.32. The summed E-state index contributed by atoms with van der Waals surface area (Å²) in [7, 11) is 0. The van der Waals surface area contributed by atoms with Gasteiger partial charge in [-0.05, 0) is 97.6 Å². The first-order valence-electron chi connectivity index (χ1n) is 13.2. The Hall–Kier alpha value is -2.47. The SMILES string of the molecule is CCC(=O)OC1CCC2C3CCC4=Cc5c(cnn5-c5ccc(F)cc5)CC4(C)C3C(O)CC12C. The molecule has 0 aliphatic heterocycles. The number of carbonyl (C=O) groups is 1. The van der Waals surface area contributed by atoms with Gasteiger partial charge >= 0.3 is 5.97 Å². The zero-order valence-corrected chi connectivity index (χ0v) is 20.8. The lowest BCUT2D eigenvalue weighted by molar-refractivity contribution is -0.169. The summed E-state index contributed by atoms with van der Waals surface area (Å²) in [5, 5.41) is 16.3. The number of aliphatic hydroxyl groups is 1. The number of hydrogen-bond acceptors (Lipinski definition) is 4. The zero-order valence-electron chi connectivity index (χ0n) is 20.8. The zero-order chi connectivity index (χ0) is 24.5. The lowest BCUT2D eigenvalue weighted by Crippen LogP contribution is -2.57. The predicted molar refractivity (Wildman–Crippen MR) is 131 cm³/mol. The maximum atomic E-state index is 13.5. The molecule has 35 heavy (non-hydrogen) atoms. The quantitative estimate of drug-likeness (QED) is 0.593. The van der Waals surface area contributed by atoms with E-state index in [1.54, 1.807) is 12.1 Å². The van der Waals surface area contributed by atoms with E-state index in [2.05, 4.69) is 25.0 Å². The van der Waals surface area contributed by atoms with Gasteiger partial charge in [-0.3, -0.25) is 4.79 Å². The first-order valence-corrected chi connectivity index (χ1v) is 13.2. The maximum Gasteiger partial charge on any atom is 0.305 e. The summed E-state index contributed by atoms with van der Waals surface area (Å²) < 4.78 is 21.3. The molecule has 6 heteroatoms. The molecule has 0 bridgehead atoms. The normalized spacial score (nSPS) is 37.5. The molecule has 5 nitrogen and oxygen atoms in total. The van der Waals surface area contributed by atoms with Gasteiger partial charge < -0.3 is 9.84 Å². The molecule has 2 aromatic rings. The summed E-state index contributed by atoms with van der Waals surface area (Å²) in [5.74, 6) is 0.684. The van der Waals surface area contributed by atoms with Crippen molar-refractivity contribution in [2.75, 3.05) is 0 Å². The minimum Gasteiger partial charge on any atom is -0.462 e. The second kappa shape index (κ2) is 8.02. The van der Waals surface area contributed by atoms with Gasteiger partial charge in [-0.2, -0.15) is 5.10 Å². The fourth-order valence-electron chi connectivity index (χ4n) is 8.36. The van der Waals surface area contributed by atoms with Crippen molar-refractivity contribution in [1.82, 2.24) is 9.78 Å². The van der Waals surface area contributed by atoms with E-state index >= 15 is 0 Å². The Morgan fingerprint density at radius 3 is 2.74 bits per heavy atom. The van der Waals surface area contributed by atoms with Crippen molar-refractivity contribution in [2.45, 2.75) is 77.9 Å². The summed E-state index contributed by atoms with van der Waals surface area (Å²) in [6.45, 7) is 6.43. The van der Waals surface area contributed by atoms with Crippen LogP contribution >= 0.6 is 0 Å². The van der Waals surface area contributed by atoms with Gasteiger partial charge in [0, 0.05) is 11.8 Å². The average Bonchev–Trinajstić information content (AvgIpc) is 3.37. The number of rotatable bonds is 3. The second-order valence-electron chi connectivity index (χ2n) is 11.7. The van der Waals surface area contributed by atoms with E-state index in [4.69, 9.17) is 4.74 Å². The number of fused-ring (bicyclic) bond motifs is 6. The van der Waals surface area contributed by atoms with Gasteiger partial charge in [0.15, 0.2) is 0 Å². The number of hydrogen-bond donors (Lipinski definition) is 1. The maximum absolute atomic E-state index is 13.5. The minimum absolute atomic E-state index is 0.0906. The van der Waals surface area contributed by atoms with Gasteiger partial charge in [0.25, 0.3) is 0 Å². The number of ether oxygens (including phenoxy) is 1. The van der Waals surface area contributed by atoms with Crippen molar-refractivity contribution in [3.05, 3.63) is 53.1 Å². The number of nitrogens with zero attached hydrogens (tertiary/aromatic N) is 2. The lowest BCUT2D eigenvalue weighted by atomic mass is 9.46. The molecule has 3 fully saturated rings. The number of halogens is 1. The van der Waals surface area contributed by atoms with Crippen molar-refractivity contribution in [2.24, 2.45) is 28.6 Å². The Morgan fingerprint density at radius 1 is 1.23 bits per heavy atom. The fraction of sp³-hybridized carbons (Fsp3) is 0.586. The monoisotopic (exact) mass is 478 g/mol. The number of aromatic nitrogens is 2. The molecule has 0 saturated heterocycles. The van der Waals surface area contributed by atoms with Crippen LogP contribution in [0.4, 0.5) is 4.39 Å². The van der Waals surface area contributed by atoms with E-state index in [0.29, 0.717) is 24.7 Å². The molecule has 1 aromatic heterocycles. The first-order chi connectivity index (χ1) is 16.7. The topological polar surface area (TPSA) is 64.3 Å². The smallest absolute Gasteiger partial charge is 0.305 e. The van der Waals surface area contributed by atoms with Crippen LogP contribution in [-0.2, 0) is 16.0 Å². The van der Waals surface area contributed by atoms with Crippen LogP contribution in [0.25, 0.3) is 11.8 Å². The molecule has 0 radical (unpaired) electrons. The molecule has 7 atom stereocenters. The summed E-state index contributed by atoms with van der Waals surface area (Å²) in [6, 6.07) is 6.46. The first kappa shape index (κ1) is 23.0. The molecular formula is C29H35FN2O3. The molecule has 0 spiro atoms. The summed E-state index contributed by atoms with van der Waals surface area (Å²) >= 11 is 0. The van der Waals surface area contributed by atoms with E-state index in [1.165, 1.54) is 23.3 Å². The van der Waals surface area contributed by atoms with E-state index in [0.717, 1.165) is 43.5 Å². The van der Waals surface area contributed by atoms with Crippen molar-refractivity contribution < 1.29 is 19.0 Å². The van der Waals surface area contributed by atoms with Gasteiger partial charge in [0.1, 0.15) is 11.9 Å². The van der Waals surface area contributed by atoms with Gasteiger partial charge in [-0.25, -0.2) is 9.07 Å².